The second kappa shape index (κ2) is 8.09. The average molecular weight is 236 g/mol. The lowest BCUT2D eigenvalue weighted by molar-refractivity contribution is 0.0645. The number of benzene rings is 1. The fourth-order valence-electron chi connectivity index (χ4n) is 1.50. The maximum atomic E-state index is 5.52. The number of ether oxygens (including phenoxy) is 1. The van der Waals surface area contributed by atoms with E-state index in [0.29, 0.717) is 6.10 Å². The van der Waals surface area contributed by atoms with Crippen molar-refractivity contribution in [3.63, 3.8) is 0 Å². The van der Waals surface area contributed by atoms with Gasteiger partial charge >= 0.3 is 0 Å². The van der Waals surface area contributed by atoms with Gasteiger partial charge in [0, 0.05) is 25.3 Å². The Kier molecular flexibility index (Phi) is 6.67. The predicted octanol–water partition coefficient (Wildman–Crippen LogP) is 2.46. The molecule has 3 heteroatoms. The van der Waals surface area contributed by atoms with E-state index in [9.17, 15) is 0 Å². The molecular formula is C14H24N2O. The molecule has 0 fully saturated rings. The summed E-state index contributed by atoms with van der Waals surface area (Å²) in [7, 11) is 2.12. The topological polar surface area (TPSA) is 24.5 Å². The Bertz CT molecular complexity index is 288. The van der Waals surface area contributed by atoms with Crippen molar-refractivity contribution in [2.75, 3.05) is 38.6 Å². The number of nitrogens with zero attached hydrogens (tertiary/aromatic N) is 1. The van der Waals surface area contributed by atoms with Crippen LogP contribution in [0, 0.1) is 0 Å². The first-order chi connectivity index (χ1) is 8.18. The van der Waals surface area contributed by atoms with Crippen molar-refractivity contribution in [3.8, 4) is 0 Å². The molecule has 0 aliphatic rings. The number of hydrogen-bond donors (Lipinski definition) is 1. The lowest BCUT2D eigenvalue weighted by atomic mass is 10.3. The Morgan fingerprint density at radius 1 is 1.18 bits per heavy atom. The summed E-state index contributed by atoms with van der Waals surface area (Å²) in [5.41, 5.74) is 1.18. The van der Waals surface area contributed by atoms with E-state index in [-0.39, 0.29) is 0 Å². The van der Waals surface area contributed by atoms with Crippen molar-refractivity contribution >= 4 is 5.69 Å². The first kappa shape index (κ1) is 14.0. The molecule has 1 N–H and O–H groups in total. The van der Waals surface area contributed by atoms with Gasteiger partial charge in [-0.3, -0.25) is 0 Å². The maximum Gasteiger partial charge on any atom is 0.0596 e. The van der Waals surface area contributed by atoms with Crippen molar-refractivity contribution < 1.29 is 4.74 Å². The maximum absolute atomic E-state index is 5.52. The Morgan fingerprint density at radius 3 is 2.53 bits per heavy atom. The van der Waals surface area contributed by atoms with Gasteiger partial charge in [0.1, 0.15) is 0 Å². The van der Waals surface area contributed by atoms with Crippen LogP contribution < -0.4 is 5.32 Å². The largest absolute Gasteiger partial charge is 0.384 e. The first-order valence-corrected chi connectivity index (χ1v) is 6.27. The normalized spacial score (nSPS) is 11.1. The van der Waals surface area contributed by atoms with E-state index in [2.05, 4.69) is 43.2 Å². The third-order valence-electron chi connectivity index (χ3n) is 2.52. The molecule has 0 saturated heterocycles. The van der Waals surface area contributed by atoms with Gasteiger partial charge in [0.15, 0.2) is 0 Å². The Balaban J connectivity index is 2.06. The summed E-state index contributed by atoms with van der Waals surface area (Å²) in [6, 6.07) is 10.3. The zero-order chi connectivity index (χ0) is 12.5. The molecule has 0 spiro atoms. The van der Waals surface area contributed by atoms with Gasteiger partial charge < -0.3 is 15.0 Å². The third kappa shape index (κ3) is 6.97. The van der Waals surface area contributed by atoms with E-state index in [0.717, 1.165) is 26.2 Å². The summed E-state index contributed by atoms with van der Waals surface area (Å²) < 4.78 is 5.52. The number of likely N-dealkylation sites (N-methyl/N-ethyl adjacent to an activating group) is 1. The quantitative estimate of drug-likeness (QED) is 0.750. The molecular weight excluding hydrogens is 212 g/mol. The van der Waals surface area contributed by atoms with Crippen LogP contribution in [0.1, 0.15) is 13.8 Å². The molecule has 17 heavy (non-hydrogen) atoms. The van der Waals surface area contributed by atoms with Gasteiger partial charge in [-0.05, 0) is 33.0 Å². The second-order valence-corrected chi connectivity index (χ2v) is 4.52. The average Bonchev–Trinajstić information content (AvgIpc) is 2.30. The van der Waals surface area contributed by atoms with Crippen molar-refractivity contribution in [2.45, 2.75) is 20.0 Å². The standard InChI is InChI=1S/C14H24N2O/c1-13(2)17-12-11-16(3)10-9-15-14-7-5-4-6-8-14/h4-8,13,15H,9-12H2,1-3H3. The van der Waals surface area contributed by atoms with Crippen LogP contribution in [0.5, 0.6) is 0 Å². The van der Waals surface area contributed by atoms with Gasteiger partial charge in [0.25, 0.3) is 0 Å². The molecule has 96 valence electrons. The molecule has 0 radical (unpaired) electrons. The molecule has 3 nitrogen and oxygen atoms in total. The molecule has 0 aliphatic carbocycles. The lowest BCUT2D eigenvalue weighted by Gasteiger charge is -2.18. The molecule has 0 saturated carbocycles. The van der Waals surface area contributed by atoms with Crippen molar-refractivity contribution in [1.82, 2.24) is 4.90 Å². The van der Waals surface area contributed by atoms with Crippen molar-refractivity contribution in [1.29, 1.82) is 0 Å². The van der Waals surface area contributed by atoms with E-state index in [1.807, 2.05) is 18.2 Å². The number of rotatable bonds is 8. The van der Waals surface area contributed by atoms with E-state index < -0.39 is 0 Å². The van der Waals surface area contributed by atoms with Crippen LogP contribution in [-0.2, 0) is 4.74 Å². The predicted molar refractivity (Wildman–Crippen MR) is 73.5 cm³/mol. The molecule has 0 aromatic heterocycles. The van der Waals surface area contributed by atoms with Gasteiger partial charge in [0.05, 0.1) is 12.7 Å². The zero-order valence-corrected chi connectivity index (χ0v) is 11.1. The van der Waals surface area contributed by atoms with Crippen LogP contribution in [0.3, 0.4) is 0 Å². The minimum Gasteiger partial charge on any atom is -0.384 e. The number of anilines is 1. The molecule has 0 atom stereocenters. The summed E-state index contributed by atoms with van der Waals surface area (Å²) in [5.74, 6) is 0. The number of para-hydroxylation sites is 1. The monoisotopic (exact) mass is 236 g/mol. The molecule has 0 amide bonds. The van der Waals surface area contributed by atoms with Crippen molar-refractivity contribution in [3.05, 3.63) is 30.3 Å². The van der Waals surface area contributed by atoms with E-state index in [4.69, 9.17) is 4.74 Å². The van der Waals surface area contributed by atoms with Crippen LogP contribution in [-0.4, -0.2) is 44.3 Å². The Labute approximate surface area is 105 Å². The number of nitrogens with one attached hydrogen (secondary N) is 1. The van der Waals surface area contributed by atoms with Gasteiger partial charge in [-0.15, -0.1) is 0 Å². The molecule has 1 aromatic rings. The van der Waals surface area contributed by atoms with E-state index >= 15 is 0 Å². The van der Waals surface area contributed by atoms with Crippen LogP contribution in [0.25, 0.3) is 0 Å². The zero-order valence-electron chi connectivity index (χ0n) is 11.1. The number of hydrogen-bond acceptors (Lipinski definition) is 3. The van der Waals surface area contributed by atoms with Crippen LogP contribution >= 0.6 is 0 Å². The van der Waals surface area contributed by atoms with E-state index in [1.54, 1.807) is 0 Å². The highest BCUT2D eigenvalue weighted by Crippen LogP contribution is 2.03. The molecule has 1 aromatic carbocycles. The third-order valence-corrected chi connectivity index (χ3v) is 2.52. The minimum atomic E-state index is 0.325. The van der Waals surface area contributed by atoms with Gasteiger partial charge in [0.2, 0.25) is 0 Å². The smallest absolute Gasteiger partial charge is 0.0596 e. The highest BCUT2D eigenvalue weighted by atomic mass is 16.5. The minimum absolute atomic E-state index is 0.325. The Morgan fingerprint density at radius 2 is 1.88 bits per heavy atom. The van der Waals surface area contributed by atoms with Gasteiger partial charge in [-0.25, -0.2) is 0 Å². The summed E-state index contributed by atoms with van der Waals surface area (Å²) in [6.07, 6.45) is 0.325. The van der Waals surface area contributed by atoms with Crippen LogP contribution in [0.15, 0.2) is 30.3 Å². The summed E-state index contributed by atoms with van der Waals surface area (Å²) in [5, 5.41) is 3.39. The van der Waals surface area contributed by atoms with Crippen LogP contribution in [0.4, 0.5) is 5.69 Å². The van der Waals surface area contributed by atoms with Crippen molar-refractivity contribution in [2.24, 2.45) is 0 Å². The Hall–Kier alpha value is -1.06. The summed E-state index contributed by atoms with van der Waals surface area (Å²) in [4.78, 5) is 2.28. The first-order valence-electron chi connectivity index (χ1n) is 6.27. The van der Waals surface area contributed by atoms with Gasteiger partial charge in [-0.1, -0.05) is 18.2 Å². The molecule has 0 heterocycles. The molecule has 0 unspecified atom stereocenters. The molecule has 0 aliphatic heterocycles. The fraction of sp³-hybridized carbons (Fsp3) is 0.571. The molecule has 0 bridgehead atoms. The van der Waals surface area contributed by atoms with E-state index in [1.165, 1.54) is 5.69 Å². The summed E-state index contributed by atoms with van der Waals surface area (Å²) >= 11 is 0. The SMILES string of the molecule is CC(C)OCCN(C)CCNc1ccccc1. The summed E-state index contributed by atoms with van der Waals surface area (Å²) in [6.45, 7) is 7.90. The van der Waals surface area contributed by atoms with Crippen LogP contribution in [0.2, 0.25) is 0 Å². The van der Waals surface area contributed by atoms with Gasteiger partial charge in [-0.2, -0.15) is 0 Å². The highest BCUT2D eigenvalue weighted by molar-refractivity contribution is 5.42. The molecule has 1 rings (SSSR count). The lowest BCUT2D eigenvalue weighted by Crippen LogP contribution is -2.29. The highest BCUT2D eigenvalue weighted by Gasteiger charge is 1.99. The fourth-order valence-corrected chi connectivity index (χ4v) is 1.50. The second-order valence-electron chi connectivity index (χ2n) is 4.52.